The fourth-order valence-electron chi connectivity index (χ4n) is 0.729. The fourth-order valence-corrected chi connectivity index (χ4v) is 0.729. The summed E-state index contributed by atoms with van der Waals surface area (Å²) in [7, 11) is 0. The third-order valence-electron chi connectivity index (χ3n) is 1.22. The number of aliphatic hydroxyl groups is 2. The van der Waals surface area contributed by atoms with Crippen LogP contribution in [0.15, 0.2) is 6.08 Å². The molecule has 0 unspecified atom stereocenters. The molecular formula is C6H9O2. The van der Waals surface area contributed by atoms with Crippen LogP contribution in [0.4, 0.5) is 0 Å². The van der Waals surface area contributed by atoms with E-state index in [1.807, 2.05) is 6.08 Å². The van der Waals surface area contributed by atoms with E-state index in [9.17, 15) is 0 Å². The Bertz CT molecular complexity index is 105. The van der Waals surface area contributed by atoms with Crippen molar-refractivity contribution in [3.63, 3.8) is 0 Å². The molecule has 0 aliphatic heterocycles. The van der Waals surface area contributed by atoms with Crippen molar-refractivity contribution in [1.82, 2.24) is 0 Å². The van der Waals surface area contributed by atoms with Gasteiger partial charge in [0.05, 0.1) is 0 Å². The predicted molar refractivity (Wildman–Crippen MR) is 28.8 cm³/mol. The van der Waals surface area contributed by atoms with Gasteiger partial charge in [0.15, 0.2) is 5.79 Å². The minimum absolute atomic E-state index is 0.257. The average Bonchev–Trinajstić information content (AvgIpc) is 1.65. The number of hydrogen-bond acceptors (Lipinski definition) is 2. The second-order valence-corrected chi connectivity index (χ2v) is 2.11. The molecule has 0 aromatic heterocycles. The first-order valence-corrected chi connectivity index (χ1v) is 2.70. The first kappa shape index (κ1) is 5.79. The fraction of sp³-hybridized carbons (Fsp3) is 0.667. The minimum atomic E-state index is -1.46. The molecule has 1 radical (unpaired) electrons. The van der Waals surface area contributed by atoms with Crippen LogP contribution in [-0.2, 0) is 0 Å². The van der Waals surface area contributed by atoms with Gasteiger partial charge in [-0.25, -0.2) is 0 Å². The van der Waals surface area contributed by atoms with Crippen LogP contribution in [-0.4, -0.2) is 16.0 Å². The van der Waals surface area contributed by atoms with E-state index in [2.05, 4.69) is 6.08 Å². The zero-order valence-electron chi connectivity index (χ0n) is 4.59. The van der Waals surface area contributed by atoms with Gasteiger partial charge in [-0.05, 0) is 12.5 Å². The second-order valence-electron chi connectivity index (χ2n) is 2.11. The monoisotopic (exact) mass is 113 g/mol. The van der Waals surface area contributed by atoms with Gasteiger partial charge in [0.1, 0.15) is 0 Å². The van der Waals surface area contributed by atoms with Crippen molar-refractivity contribution in [2.24, 2.45) is 0 Å². The largest absolute Gasteiger partial charge is 0.365 e. The van der Waals surface area contributed by atoms with Crippen LogP contribution in [0.1, 0.15) is 19.3 Å². The van der Waals surface area contributed by atoms with Gasteiger partial charge in [0.2, 0.25) is 0 Å². The first-order valence-electron chi connectivity index (χ1n) is 2.70. The van der Waals surface area contributed by atoms with E-state index in [-0.39, 0.29) is 6.42 Å². The standard InChI is InChI=1S/C6H9O2/c7-6(8)4-2-1-3-5-6/h1,7-8H,2,4-5H2. The Labute approximate surface area is 48.5 Å². The Balaban J connectivity index is 2.50. The lowest BCUT2D eigenvalue weighted by atomic mass is 10.0. The highest BCUT2D eigenvalue weighted by molar-refractivity contribution is 4.86. The molecule has 45 valence electrons. The van der Waals surface area contributed by atoms with Crippen LogP contribution >= 0.6 is 0 Å². The molecule has 0 bridgehead atoms. The van der Waals surface area contributed by atoms with Crippen LogP contribution in [0, 0.1) is 6.08 Å². The molecule has 0 spiro atoms. The van der Waals surface area contributed by atoms with Crippen molar-refractivity contribution in [3.8, 4) is 0 Å². The van der Waals surface area contributed by atoms with Gasteiger partial charge in [-0.1, -0.05) is 6.08 Å². The molecule has 2 nitrogen and oxygen atoms in total. The molecule has 0 atom stereocenters. The second kappa shape index (κ2) is 1.88. The molecule has 0 saturated heterocycles. The maximum absolute atomic E-state index is 8.85. The number of hydrogen-bond donors (Lipinski definition) is 2. The first-order chi connectivity index (χ1) is 3.71. The molecule has 0 heterocycles. The van der Waals surface area contributed by atoms with Crippen LogP contribution in [0.3, 0.4) is 0 Å². The summed E-state index contributed by atoms with van der Waals surface area (Å²) in [4.78, 5) is 0. The molecule has 0 fully saturated rings. The summed E-state index contributed by atoms with van der Waals surface area (Å²) < 4.78 is 0. The van der Waals surface area contributed by atoms with E-state index < -0.39 is 5.79 Å². The van der Waals surface area contributed by atoms with Crippen molar-refractivity contribution >= 4 is 0 Å². The topological polar surface area (TPSA) is 40.5 Å². The zero-order chi connectivity index (χ0) is 6.04. The summed E-state index contributed by atoms with van der Waals surface area (Å²) in [5.41, 5.74) is 0. The lowest BCUT2D eigenvalue weighted by Gasteiger charge is -2.21. The van der Waals surface area contributed by atoms with Crippen molar-refractivity contribution in [2.75, 3.05) is 0 Å². The summed E-state index contributed by atoms with van der Waals surface area (Å²) in [6.45, 7) is 0. The molecule has 0 amide bonds. The Morgan fingerprint density at radius 3 is 2.50 bits per heavy atom. The highest BCUT2D eigenvalue weighted by Gasteiger charge is 2.22. The summed E-state index contributed by atoms with van der Waals surface area (Å²) in [5, 5.41) is 17.7. The number of rotatable bonds is 0. The Morgan fingerprint density at radius 1 is 1.50 bits per heavy atom. The van der Waals surface area contributed by atoms with Gasteiger partial charge in [0, 0.05) is 12.8 Å². The number of allylic oxidation sites excluding steroid dienone is 1. The molecule has 2 heteroatoms. The molecule has 0 saturated carbocycles. The molecule has 1 aliphatic carbocycles. The average molecular weight is 113 g/mol. The zero-order valence-corrected chi connectivity index (χ0v) is 4.59. The van der Waals surface area contributed by atoms with E-state index in [1.165, 1.54) is 0 Å². The molecule has 2 N–H and O–H groups in total. The summed E-state index contributed by atoms with van der Waals surface area (Å²) >= 11 is 0. The van der Waals surface area contributed by atoms with E-state index in [1.54, 1.807) is 0 Å². The molecule has 0 aromatic rings. The van der Waals surface area contributed by atoms with Crippen LogP contribution in [0.5, 0.6) is 0 Å². The van der Waals surface area contributed by atoms with Gasteiger partial charge in [-0.15, -0.1) is 0 Å². The maximum atomic E-state index is 8.85. The lowest BCUT2D eigenvalue weighted by molar-refractivity contribution is -0.165. The van der Waals surface area contributed by atoms with Crippen molar-refractivity contribution in [2.45, 2.75) is 25.0 Å². The van der Waals surface area contributed by atoms with Crippen molar-refractivity contribution in [1.29, 1.82) is 0 Å². The quantitative estimate of drug-likeness (QED) is 0.441. The summed E-state index contributed by atoms with van der Waals surface area (Å²) in [6, 6.07) is 0. The lowest BCUT2D eigenvalue weighted by Crippen LogP contribution is -2.28. The van der Waals surface area contributed by atoms with E-state index >= 15 is 0 Å². The minimum Gasteiger partial charge on any atom is -0.365 e. The SMILES string of the molecule is OC1(O)C[C]=CCC1. The molecule has 0 aromatic carbocycles. The normalized spacial score (nSPS) is 25.8. The van der Waals surface area contributed by atoms with Crippen LogP contribution in [0.25, 0.3) is 0 Å². The molecule has 8 heavy (non-hydrogen) atoms. The molecular weight excluding hydrogens is 104 g/mol. The molecule has 1 rings (SSSR count). The van der Waals surface area contributed by atoms with Gasteiger partial charge in [-0.2, -0.15) is 0 Å². The van der Waals surface area contributed by atoms with Crippen LogP contribution < -0.4 is 0 Å². The van der Waals surface area contributed by atoms with Gasteiger partial charge in [-0.3, -0.25) is 0 Å². The Kier molecular flexibility index (Phi) is 1.36. The summed E-state index contributed by atoms with van der Waals surface area (Å²) in [6.07, 6.45) is 6.02. The molecule has 1 aliphatic rings. The van der Waals surface area contributed by atoms with E-state index in [0.717, 1.165) is 6.42 Å². The van der Waals surface area contributed by atoms with Crippen LogP contribution in [0.2, 0.25) is 0 Å². The smallest absolute Gasteiger partial charge is 0.166 e. The van der Waals surface area contributed by atoms with Gasteiger partial charge >= 0.3 is 0 Å². The van der Waals surface area contributed by atoms with Crippen molar-refractivity contribution in [3.05, 3.63) is 12.2 Å². The third-order valence-corrected chi connectivity index (χ3v) is 1.22. The van der Waals surface area contributed by atoms with E-state index in [0.29, 0.717) is 6.42 Å². The third kappa shape index (κ3) is 1.32. The van der Waals surface area contributed by atoms with Gasteiger partial charge < -0.3 is 10.2 Å². The Hall–Kier alpha value is -0.340. The predicted octanol–water partition coefficient (Wildman–Crippen LogP) is 0.211. The summed E-state index contributed by atoms with van der Waals surface area (Å²) in [5.74, 6) is -1.46. The highest BCUT2D eigenvalue weighted by atomic mass is 16.5. The van der Waals surface area contributed by atoms with Crippen molar-refractivity contribution < 1.29 is 10.2 Å². The maximum Gasteiger partial charge on any atom is 0.166 e. The highest BCUT2D eigenvalue weighted by Crippen LogP contribution is 2.18. The Morgan fingerprint density at radius 2 is 2.25 bits per heavy atom. The van der Waals surface area contributed by atoms with Gasteiger partial charge in [0.25, 0.3) is 0 Å². The van der Waals surface area contributed by atoms with E-state index in [4.69, 9.17) is 10.2 Å².